The van der Waals surface area contributed by atoms with Gasteiger partial charge in [-0.15, -0.1) is 0 Å². The summed E-state index contributed by atoms with van der Waals surface area (Å²) >= 11 is 0. The topological polar surface area (TPSA) is 59.4 Å². The Morgan fingerprint density at radius 3 is 2.76 bits per heavy atom. The van der Waals surface area contributed by atoms with Crippen molar-refractivity contribution in [1.29, 1.82) is 0 Å². The molecule has 2 saturated heterocycles. The van der Waals surface area contributed by atoms with E-state index in [1.54, 1.807) is 12.5 Å². The largest absolute Gasteiger partial charge is 0.366 e. The number of benzene rings is 1. The van der Waals surface area contributed by atoms with Gasteiger partial charge in [-0.3, -0.25) is 0 Å². The van der Waals surface area contributed by atoms with Crippen molar-refractivity contribution in [2.45, 2.75) is 18.8 Å². The zero-order valence-electron chi connectivity index (χ0n) is 13.8. The average Bonchev–Trinajstić information content (AvgIpc) is 3.42. The van der Waals surface area contributed by atoms with Crippen LogP contribution in [0.2, 0.25) is 0 Å². The summed E-state index contributed by atoms with van der Waals surface area (Å²) in [6, 6.07) is 8.13. The molecule has 6 nitrogen and oxygen atoms in total. The van der Waals surface area contributed by atoms with Crippen LogP contribution in [-0.4, -0.2) is 45.8 Å². The maximum atomic E-state index is 12.5. The number of nitrogens with zero attached hydrogens (tertiary/aromatic N) is 3. The van der Waals surface area contributed by atoms with Crippen LogP contribution in [-0.2, 0) is 11.3 Å². The molecule has 1 N–H and O–H groups in total. The smallest absolute Gasteiger partial charge is 0.317 e. The van der Waals surface area contributed by atoms with Crippen LogP contribution in [0.15, 0.2) is 55.1 Å². The molecule has 2 aromatic rings. The highest BCUT2D eigenvalue weighted by Crippen LogP contribution is 2.43. The molecule has 4 heterocycles. The zero-order valence-corrected chi connectivity index (χ0v) is 13.8. The first kappa shape index (κ1) is 14.7. The number of carbonyl (C=O) groups is 1. The third kappa shape index (κ3) is 2.53. The summed E-state index contributed by atoms with van der Waals surface area (Å²) in [4.78, 5) is 18.5. The van der Waals surface area contributed by atoms with Crippen LogP contribution in [0, 0.1) is 11.8 Å². The van der Waals surface area contributed by atoms with E-state index >= 15 is 0 Å². The maximum absolute atomic E-state index is 12.5. The molecule has 4 unspecified atom stereocenters. The number of nitrogens with one attached hydrogen (secondary N) is 1. The number of aromatic nitrogens is 2. The first-order valence-corrected chi connectivity index (χ1v) is 8.72. The third-order valence-corrected chi connectivity index (χ3v) is 5.51. The van der Waals surface area contributed by atoms with Crippen LogP contribution in [0.3, 0.4) is 0 Å². The van der Waals surface area contributed by atoms with Crippen LogP contribution < -0.4 is 5.32 Å². The molecule has 3 aliphatic heterocycles. The summed E-state index contributed by atoms with van der Waals surface area (Å²) < 4.78 is 7.82. The number of urea groups is 1. The van der Waals surface area contributed by atoms with Crippen LogP contribution in [0.4, 0.5) is 4.79 Å². The van der Waals surface area contributed by atoms with Crippen molar-refractivity contribution >= 4 is 6.03 Å². The molecule has 4 atom stereocenters. The van der Waals surface area contributed by atoms with Crippen molar-refractivity contribution in [2.75, 3.05) is 13.1 Å². The van der Waals surface area contributed by atoms with E-state index in [1.165, 1.54) is 0 Å². The highest BCUT2D eigenvalue weighted by molar-refractivity contribution is 5.74. The van der Waals surface area contributed by atoms with E-state index in [2.05, 4.69) is 28.5 Å². The molecular formula is C19H20N4O2. The van der Waals surface area contributed by atoms with Gasteiger partial charge in [0, 0.05) is 49.6 Å². The van der Waals surface area contributed by atoms with Gasteiger partial charge in [0.15, 0.2) is 0 Å². The summed E-state index contributed by atoms with van der Waals surface area (Å²) in [5.41, 5.74) is 2.11. The second kappa shape index (κ2) is 5.74. The van der Waals surface area contributed by atoms with Crippen molar-refractivity contribution in [1.82, 2.24) is 19.8 Å². The molecule has 128 valence electrons. The standard InChI is InChI=1S/C19H20N4O2/c24-19(23-10-15-16(11-23)18-5-4-17(15)25-18)21-9-13-2-1-3-14(8-13)22-7-6-20-12-22/h1-8,12,15-18H,9-11H2,(H,21,24). The molecule has 0 aliphatic carbocycles. The van der Waals surface area contributed by atoms with Crippen molar-refractivity contribution in [3.63, 3.8) is 0 Å². The lowest BCUT2D eigenvalue weighted by atomic mass is 9.86. The molecule has 0 spiro atoms. The number of imidazole rings is 1. The second-order valence-corrected chi connectivity index (χ2v) is 6.98. The molecule has 2 fully saturated rings. The Bertz CT molecular complexity index is 797. The monoisotopic (exact) mass is 336 g/mol. The minimum atomic E-state index is 0.0156. The summed E-state index contributed by atoms with van der Waals surface area (Å²) in [6.45, 7) is 2.10. The molecule has 5 rings (SSSR count). The van der Waals surface area contributed by atoms with Crippen molar-refractivity contribution in [3.05, 3.63) is 60.7 Å². The van der Waals surface area contributed by atoms with E-state index in [-0.39, 0.29) is 18.2 Å². The normalized spacial score (nSPS) is 29.2. The van der Waals surface area contributed by atoms with Gasteiger partial charge < -0.3 is 19.5 Å². The number of hydrogen-bond acceptors (Lipinski definition) is 3. The molecular weight excluding hydrogens is 316 g/mol. The lowest BCUT2D eigenvalue weighted by molar-refractivity contribution is 0.0882. The quantitative estimate of drug-likeness (QED) is 0.872. The van der Waals surface area contributed by atoms with Crippen molar-refractivity contribution in [3.8, 4) is 5.69 Å². The second-order valence-electron chi connectivity index (χ2n) is 6.98. The first-order chi connectivity index (χ1) is 12.3. The van der Waals surface area contributed by atoms with Gasteiger partial charge in [0.25, 0.3) is 0 Å². The minimum absolute atomic E-state index is 0.0156. The highest BCUT2D eigenvalue weighted by Gasteiger charge is 2.51. The zero-order chi connectivity index (χ0) is 16.8. The Kier molecular flexibility index (Phi) is 3.38. The molecule has 3 aliphatic rings. The highest BCUT2D eigenvalue weighted by atomic mass is 16.5. The van der Waals surface area contributed by atoms with Crippen LogP contribution in [0.1, 0.15) is 5.56 Å². The number of hydrogen-bond donors (Lipinski definition) is 1. The van der Waals surface area contributed by atoms with E-state index in [4.69, 9.17) is 4.74 Å². The fourth-order valence-electron chi connectivity index (χ4n) is 4.22. The molecule has 2 amide bonds. The van der Waals surface area contributed by atoms with Crippen LogP contribution in [0.5, 0.6) is 0 Å². The molecule has 1 aromatic heterocycles. The molecule has 6 heteroatoms. The summed E-state index contributed by atoms with van der Waals surface area (Å²) in [7, 11) is 0. The predicted molar refractivity (Wildman–Crippen MR) is 92.2 cm³/mol. The Morgan fingerprint density at radius 2 is 2.04 bits per heavy atom. The van der Waals surface area contributed by atoms with Gasteiger partial charge in [-0.1, -0.05) is 24.3 Å². The Morgan fingerprint density at radius 1 is 1.24 bits per heavy atom. The van der Waals surface area contributed by atoms with E-state index < -0.39 is 0 Å². The summed E-state index contributed by atoms with van der Waals surface area (Å²) in [5.74, 6) is 0.927. The van der Waals surface area contributed by atoms with Gasteiger partial charge >= 0.3 is 6.03 Å². The number of amides is 2. The van der Waals surface area contributed by atoms with Crippen LogP contribution in [0.25, 0.3) is 5.69 Å². The van der Waals surface area contributed by atoms with E-state index in [9.17, 15) is 4.79 Å². The SMILES string of the molecule is O=C(NCc1cccc(-n2ccnc2)c1)N1CC2C3C=CC(O3)C2C1. The van der Waals surface area contributed by atoms with Crippen molar-refractivity contribution in [2.24, 2.45) is 11.8 Å². The van der Waals surface area contributed by atoms with Crippen LogP contribution >= 0.6 is 0 Å². The van der Waals surface area contributed by atoms with Gasteiger partial charge in [0.05, 0.1) is 18.5 Å². The van der Waals surface area contributed by atoms with E-state index in [1.807, 2.05) is 33.9 Å². The number of fused-ring (bicyclic) bond motifs is 5. The van der Waals surface area contributed by atoms with Crippen molar-refractivity contribution < 1.29 is 9.53 Å². The number of rotatable bonds is 3. The van der Waals surface area contributed by atoms with Gasteiger partial charge in [-0.25, -0.2) is 9.78 Å². The lowest BCUT2D eigenvalue weighted by Gasteiger charge is -2.19. The maximum Gasteiger partial charge on any atom is 0.317 e. The first-order valence-electron chi connectivity index (χ1n) is 8.72. The fraction of sp³-hybridized carbons (Fsp3) is 0.368. The Labute approximate surface area is 146 Å². The number of likely N-dealkylation sites (tertiary alicyclic amines) is 1. The molecule has 25 heavy (non-hydrogen) atoms. The summed E-state index contributed by atoms with van der Waals surface area (Å²) in [6.07, 6.45) is 10.1. The van der Waals surface area contributed by atoms with E-state index in [0.29, 0.717) is 18.4 Å². The lowest BCUT2D eigenvalue weighted by Crippen LogP contribution is -2.39. The molecule has 2 bridgehead atoms. The predicted octanol–water partition coefficient (Wildman–Crippen LogP) is 1.97. The minimum Gasteiger partial charge on any atom is -0.366 e. The number of ether oxygens (including phenoxy) is 1. The number of carbonyl (C=O) groups excluding carboxylic acids is 1. The molecule has 0 radical (unpaired) electrons. The Balaban J connectivity index is 1.21. The average molecular weight is 336 g/mol. The van der Waals surface area contributed by atoms with E-state index in [0.717, 1.165) is 24.3 Å². The van der Waals surface area contributed by atoms with Gasteiger partial charge in [0.2, 0.25) is 0 Å². The van der Waals surface area contributed by atoms with Gasteiger partial charge in [-0.05, 0) is 17.7 Å². The van der Waals surface area contributed by atoms with Gasteiger partial charge in [-0.2, -0.15) is 0 Å². The fourth-order valence-corrected chi connectivity index (χ4v) is 4.22. The summed E-state index contributed by atoms with van der Waals surface area (Å²) in [5, 5.41) is 3.05. The molecule has 1 aromatic carbocycles. The third-order valence-electron chi connectivity index (χ3n) is 5.51. The molecule has 0 saturated carbocycles. The Hall–Kier alpha value is -2.60. The van der Waals surface area contributed by atoms with Gasteiger partial charge in [0.1, 0.15) is 0 Å².